The molecule has 6 nitrogen and oxygen atoms in total. The Labute approximate surface area is 122 Å². The van der Waals surface area contributed by atoms with Crippen molar-refractivity contribution in [3.05, 3.63) is 34.4 Å². The molecule has 110 valence electrons. The van der Waals surface area contributed by atoms with E-state index in [4.69, 9.17) is 16.3 Å². The van der Waals surface area contributed by atoms with E-state index in [1.54, 1.807) is 12.1 Å². The van der Waals surface area contributed by atoms with Crippen molar-refractivity contribution in [2.45, 2.75) is 13.8 Å². The van der Waals surface area contributed by atoms with Gasteiger partial charge in [-0.2, -0.15) is 0 Å². The number of rotatable bonds is 7. The van der Waals surface area contributed by atoms with Crippen molar-refractivity contribution in [2.24, 2.45) is 5.92 Å². The van der Waals surface area contributed by atoms with E-state index in [0.717, 1.165) is 0 Å². The molecule has 0 atom stereocenters. The second kappa shape index (κ2) is 7.81. The minimum atomic E-state index is -0.535. The first-order valence-corrected chi connectivity index (χ1v) is 6.68. The van der Waals surface area contributed by atoms with Gasteiger partial charge in [0.05, 0.1) is 11.5 Å². The van der Waals surface area contributed by atoms with E-state index in [9.17, 15) is 14.9 Å². The summed E-state index contributed by atoms with van der Waals surface area (Å²) in [4.78, 5) is 23.5. The zero-order valence-corrected chi connectivity index (χ0v) is 12.2. The first kappa shape index (κ1) is 16.4. The number of ether oxygens (including phenoxy) is 1. The standard InChI is InChI=1S/C13H17ClN2O4/c1-10(2)8-20-9-15(13(17)7-14)11-5-3-4-6-12(11)16(18)19/h3-6,10H,7-9H2,1-2H3. The number of nitro benzene ring substituents is 1. The highest BCUT2D eigenvalue weighted by atomic mass is 35.5. The molecule has 0 heterocycles. The van der Waals surface area contributed by atoms with Crippen LogP contribution in [0.15, 0.2) is 24.3 Å². The number of carbonyl (C=O) groups is 1. The largest absolute Gasteiger partial charge is 0.360 e. The van der Waals surface area contributed by atoms with Crippen molar-refractivity contribution in [1.29, 1.82) is 0 Å². The third-order valence-corrected chi connectivity index (χ3v) is 2.68. The molecule has 1 rings (SSSR count). The maximum Gasteiger partial charge on any atom is 0.293 e. The zero-order chi connectivity index (χ0) is 15.1. The maximum atomic E-state index is 11.9. The van der Waals surface area contributed by atoms with Gasteiger partial charge in [0.1, 0.15) is 18.3 Å². The predicted molar refractivity (Wildman–Crippen MR) is 77.0 cm³/mol. The van der Waals surface area contributed by atoms with Crippen LogP contribution in [0.5, 0.6) is 0 Å². The quantitative estimate of drug-likeness (QED) is 0.336. The highest BCUT2D eigenvalue weighted by Crippen LogP contribution is 2.27. The minimum Gasteiger partial charge on any atom is -0.360 e. The lowest BCUT2D eigenvalue weighted by Crippen LogP contribution is -2.35. The summed E-state index contributed by atoms with van der Waals surface area (Å²) in [7, 11) is 0. The third kappa shape index (κ3) is 4.47. The molecule has 20 heavy (non-hydrogen) atoms. The first-order chi connectivity index (χ1) is 9.47. The van der Waals surface area contributed by atoms with Crippen LogP contribution in [0.1, 0.15) is 13.8 Å². The molecule has 0 aromatic heterocycles. The number of hydrogen-bond donors (Lipinski definition) is 0. The highest BCUT2D eigenvalue weighted by Gasteiger charge is 2.23. The number of alkyl halides is 1. The van der Waals surface area contributed by atoms with Gasteiger partial charge >= 0.3 is 0 Å². The smallest absolute Gasteiger partial charge is 0.293 e. The van der Waals surface area contributed by atoms with Gasteiger partial charge in [0.15, 0.2) is 0 Å². The van der Waals surface area contributed by atoms with Crippen molar-refractivity contribution in [2.75, 3.05) is 24.1 Å². The van der Waals surface area contributed by atoms with Gasteiger partial charge in [0, 0.05) is 6.07 Å². The molecule has 0 bridgehead atoms. The Kier molecular flexibility index (Phi) is 6.41. The van der Waals surface area contributed by atoms with Crippen LogP contribution in [0.25, 0.3) is 0 Å². The van der Waals surface area contributed by atoms with Crippen LogP contribution in [-0.4, -0.2) is 30.0 Å². The number of hydrogen-bond acceptors (Lipinski definition) is 4. The van der Waals surface area contributed by atoms with Gasteiger partial charge in [0.25, 0.3) is 5.69 Å². The molecule has 1 amide bonds. The summed E-state index contributed by atoms with van der Waals surface area (Å²) in [6.07, 6.45) is 0. The highest BCUT2D eigenvalue weighted by molar-refractivity contribution is 6.29. The van der Waals surface area contributed by atoms with E-state index < -0.39 is 10.8 Å². The van der Waals surface area contributed by atoms with Crippen LogP contribution in [0.3, 0.4) is 0 Å². The molecule has 1 aromatic rings. The number of halogens is 1. The summed E-state index contributed by atoms with van der Waals surface area (Å²) >= 11 is 5.55. The summed E-state index contributed by atoms with van der Waals surface area (Å²) in [5.74, 6) is -0.407. The lowest BCUT2D eigenvalue weighted by Gasteiger charge is -2.22. The summed E-state index contributed by atoms with van der Waals surface area (Å²) in [6.45, 7) is 4.33. The first-order valence-electron chi connectivity index (χ1n) is 6.14. The average molecular weight is 301 g/mol. The van der Waals surface area contributed by atoms with E-state index in [-0.39, 0.29) is 24.0 Å². The molecule has 0 fully saturated rings. The van der Waals surface area contributed by atoms with Gasteiger partial charge in [-0.1, -0.05) is 26.0 Å². The Morgan fingerprint density at radius 1 is 1.45 bits per heavy atom. The van der Waals surface area contributed by atoms with Crippen LogP contribution in [0.4, 0.5) is 11.4 Å². The van der Waals surface area contributed by atoms with E-state index in [1.807, 2.05) is 13.8 Å². The molecular weight excluding hydrogens is 284 g/mol. The fourth-order valence-corrected chi connectivity index (χ4v) is 1.72. The van der Waals surface area contributed by atoms with Crippen molar-refractivity contribution < 1.29 is 14.5 Å². The molecule has 0 aliphatic rings. The number of carbonyl (C=O) groups excluding carboxylic acids is 1. The van der Waals surface area contributed by atoms with Crippen LogP contribution >= 0.6 is 11.6 Å². The summed E-state index contributed by atoms with van der Waals surface area (Å²) in [5, 5.41) is 11.0. The number of nitrogens with zero attached hydrogens (tertiary/aromatic N) is 2. The molecule has 0 spiro atoms. The normalized spacial score (nSPS) is 10.6. The van der Waals surface area contributed by atoms with Crippen LogP contribution in [-0.2, 0) is 9.53 Å². The van der Waals surface area contributed by atoms with Gasteiger partial charge < -0.3 is 4.74 Å². The Morgan fingerprint density at radius 2 is 2.10 bits per heavy atom. The van der Waals surface area contributed by atoms with Gasteiger partial charge in [-0.05, 0) is 12.0 Å². The number of anilines is 1. The maximum absolute atomic E-state index is 11.9. The monoisotopic (exact) mass is 300 g/mol. The van der Waals surface area contributed by atoms with Crippen LogP contribution in [0, 0.1) is 16.0 Å². The molecule has 1 aromatic carbocycles. The minimum absolute atomic E-state index is 0.0609. The predicted octanol–water partition coefficient (Wildman–Crippen LogP) is 2.80. The average Bonchev–Trinajstić information content (AvgIpc) is 2.42. The van der Waals surface area contributed by atoms with Gasteiger partial charge in [-0.25, -0.2) is 0 Å². The van der Waals surface area contributed by atoms with Crippen molar-refractivity contribution >= 4 is 28.9 Å². The Bertz CT molecular complexity index is 479. The fraction of sp³-hybridized carbons (Fsp3) is 0.462. The number of nitro groups is 1. The summed E-state index contributed by atoms with van der Waals surface area (Å²) < 4.78 is 5.39. The Morgan fingerprint density at radius 3 is 2.65 bits per heavy atom. The van der Waals surface area contributed by atoms with Crippen LogP contribution < -0.4 is 4.90 Å². The number of amides is 1. The molecule has 0 radical (unpaired) electrons. The molecule has 0 N–H and O–H groups in total. The second-order valence-corrected chi connectivity index (χ2v) is 4.86. The second-order valence-electron chi connectivity index (χ2n) is 4.59. The van der Waals surface area contributed by atoms with E-state index in [2.05, 4.69) is 0 Å². The molecular formula is C13H17ClN2O4. The topological polar surface area (TPSA) is 72.7 Å². The molecule has 0 saturated carbocycles. The lowest BCUT2D eigenvalue weighted by molar-refractivity contribution is -0.384. The molecule has 0 aliphatic carbocycles. The number of benzene rings is 1. The summed E-state index contributed by atoms with van der Waals surface area (Å²) in [5.41, 5.74) is 0.0334. The fourth-order valence-electron chi connectivity index (χ4n) is 1.57. The van der Waals surface area contributed by atoms with E-state index in [1.165, 1.54) is 17.0 Å². The number of para-hydroxylation sites is 2. The molecule has 0 saturated heterocycles. The van der Waals surface area contributed by atoms with Crippen molar-refractivity contribution in [3.8, 4) is 0 Å². The van der Waals surface area contributed by atoms with Crippen molar-refractivity contribution in [3.63, 3.8) is 0 Å². The molecule has 7 heteroatoms. The van der Waals surface area contributed by atoms with Gasteiger partial charge in [-0.15, -0.1) is 11.6 Å². The lowest BCUT2D eigenvalue weighted by atomic mass is 10.2. The van der Waals surface area contributed by atoms with Crippen LogP contribution in [0.2, 0.25) is 0 Å². The molecule has 0 unspecified atom stereocenters. The Balaban J connectivity index is 2.99. The van der Waals surface area contributed by atoms with E-state index >= 15 is 0 Å². The van der Waals surface area contributed by atoms with Gasteiger partial charge in [0.2, 0.25) is 5.91 Å². The molecule has 0 aliphatic heterocycles. The zero-order valence-electron chi connectivity index (χ0n) is 11.4. The summed E-state index contributed by atoms with van der Waals surface area (Å²) in [6, 6.07) is 6.01. The van der Waals surface area contributed by atoms with Gasteiger partial charge in [-0.3, -0.25) is 19.8 Å². The van der Waals surface area contributed by atoms with E-state index in [0.29, 0.717) is 12.5 Å². The third-order valence-electron chi connectivity index (χ3n) is 2.46. The SMILES string of the molecule is CC(C)COCN(C(=O)CCl)c1ccccc1[N+](=O)[O-]. The van der Waals surface area contributed by atoms with Crippen molar-refractivity contribution in [1.82, 2.24) is 0 Å². The Hall–Kier alpha value is -1.66.